The van der Waals surface area contributed by atoms with E-state index in [1.165, 1.54) is 0 Å². The molecule has 2 aromatic rings. The van der Waals surface area contributed by atoms with E-state index in [-0.39, 0.29) is 10.6 Å². The second kappa shape index (κ2) is 3.99. The third kappa shape index (κ3) is 1.88. The molecule has 5 nitrogen and oxygen atoms in total. The molecule has 0 unspecified atom stereocenters. The van der Waals surface area contributed by atoms with Gasteiger partial charge in [-0.2, -0.15) is 20.1 Å². The lowest BCUT2D eigenvalue weighted by Crippen LogP contribution is -2.06. The van der Waals surface area contributed by atoms with Gasteiger partial charge in [0.1, 0.15) is 0 Å². The lowest BCUT2D eigenvalue weighted by Gasteiger charge is -2.02. The summed E-state index contributed by atoms with van der Waals surface area (Å²) < 4.78 is 1.60. The van der Waals surface area contributed by atoms with E-state index in [0.717, 1.165) is 17.0 Å². The molecule has 0 aliphatic rings. The molecule has 0 atom stereocenters. The van der Waals surface area contributed by atoms with E-state index in [2.05, 4.69) is 20.1 Å². The molecule has 84 valence electrons. The third-order valence-electron chi connectivity index (χ3n) is 2.41. The molecule has 16 heavy (non-hydrogen) atoms. The van der Waals surface area contributed by atoms with Gasteiger partial charge < -0.3 is 0 Å². The quantitative estimate of drug-likeness (QED) is 0.787. The van der Waals surface area contributed by atoms with Gasteiger partial charge in [-0.3, -0.25) is 0 Å². The Hall–Kier alpha value is -1.20. The van der Waals surface area contributed by atoms with Crippen LogP contribution >= 0.6 is 23.2 Å². The van der Waals surface area contributed by atoms with E-state index in [1.54, 1.807) is 4.68 Å². The zero-order valence-corrected chi connectivity index (χ0v) is 10.5. The standard InChI is InChI=1S/C9H9Cl2N5/c1-4-5(2)15-16(6(4)3)9-13-7(10)12-8(11)14-9/h1-3H3. The van der Waals surface area contributed by atoms with Gasteiger partial charge in [-0.1, -0.05) is 0 Å². The van der Waals surface area contributed by atoms with Crippen molar-refractivity contribution in [2.75, 3.05) is 0 Å². The van der Waals surface area contributed by atoms with Crippen LogP contribution in [0.15, 0.2) is 0 Å². The first-order chi connectivity index (χ1) is 7.49. The summed E-state index contributed by atoms with van der Waals surface area (Å²) in [6, 6.07) is 0. The molecule has 0 spiro atoms. The molecule has 0 N–H and O–H groups in total. The molecule has 0 amide bonds. The SMILES string of the molecule is Cc1nn(-c2nc(Cl)nc(Cl)n2)c(C)c1C. The molecule has 2 rings (SSSR count). The predicted molar refractivity (Wildman–Crippen MR) is 61.2 cm³/mol. The van der Waals surface area contributed by atoms with Gasteiger partial charge >= 0.3 is 0 Å². The normalized spacial score (nSPS) is 10.8. The fourth-order valence-electron chi connectivity index (χ4n) is 1.33. The van der Waals surface area contributed by atoms with Crippen LogP contribution in [0.2, 0.25) is 10.6 Å². The lowest BCUT2D eigenvalue weighted by molar-refractivity contribution is 0.763. The molecule has 0 radical (unpaired) electrons. The first kappa shape index (κ1) is 11.3. The predicted octanol–water partition coefficient (Wildman–Crippen LogP) is 2.29. The van der Waals surface area contributed by atoms with E-state index >= 15 is 0 Å². The molecule has 0 saturated heterocycles. The van der Waals surface area contributed by atoms with Gasteiger partial charge in [0.05, 0.1) is 5.69 Å². The molecule has 0 aliphatic heterocycles. The van der Waals surface area contributed by atoms with E-state index in [0.29, 0.717) is 5.95 Å². The number of aryl methyl sites for hydroxylation is 1. The van der Waals surface area contributed by atoms with Crippen molar-refractivity contribution in [2.45, 2.75) is 20.8 Å². The molecule has 0 bridgehead atoms. The number of rotatable bonds is 1. The van der Waals surface area contributed by atoms with Crippen molar-refractivity contribution in [3.8, 4) is 5.95 Å². The number of hydrogen-bond donors (Lipinski definition) is 0. The minimum absolute atomic E-state index is 0.0557. The highest BCUT2D eigenvalue weighted by Gasteiger charge is 2.12. The van der Waals surface area contributed by atoms with Crippen molar-refractivity contribution in [3.05, 3.63) is 27.5 Å². The fourth-order valence-corrected chi connectivity index (χ4v) is 1.68. The molecular formula is C9H9Cl2N5. The topological polar surface area (TPSA) is 56.5 Å². The highest BCUT2D eigenvalue weighted by Crippen LogP contribution is 2.16. The monoisotopic (exact) mass is 257 g/mol. The Morgan fingerprint density at radius 2 is 1.50 bits per heavy atom. The van der Waals surface area contributed by atoms with E-state index in [4.69, 9.17) is 23.2 Å². The van der Waals surface area contributed by atoms with Crippen molar-refractivity contribution in [3.63, 3.8) is 0 Å². The van der Waals surface area contributed by atoms with Gasteiger partial charge in [0, 0.05) is 5.69 Å². The maximum absolute atomic E-state index is 5.71. The summed E-state index contributed by atoms with van der Waals surface area (Å²) in [4.78, 5) is 11.6. The summed E-state index contributed by atoms with van der Waals surface area (Å²) in [5.74, 6) is 0.332. The van der Waals surface area contributed by atoms with Crippen molar-refractivity contribution >= 4 is 23.2 Å². The van der Waals surface area contributed by atoms with Crippen LogP contribution < -0.4 is 0 Å². The Bertz CT molecular complexity index is 529. The average Bonchev–Trinajstić information content (AvgIpc) is 2.44. The molecule has 0 saturated carbocycles. The van der Waals surface area contributed by atoms with Crippen LogP contribution in [0.5, 0.6) is 0 Å². The van der Waals surface area contributed by atoms with Gasteiger partial charge in [-0.15, -0.1) is 0 Å². The smallest absolute Gasteiger partial charge is 0.203 e. The first-order valence-corrected chi connectivity index (χ1v) is 5.35. The van der Waals surface area contributed by atoms with Crippen molar-refractivity contribution in [1.82, 2.24) is 24.7 Å². The highest BCUT2D eigenvalue weighted by atomic mass is 35.5. The second-order valence-corrected chi connectivity index (χ2v) is 4.06. The summed E-state index contributed by atoms with van der Waals surface area (Å²) in [7, 11) is 0. The summed E-state index contributed by atoms with van der Waals surface area (Å²) in [6.45, 7) is 5.84. The van der Waals surface area contributed by atoms with Crippen LogP contribution in [0.3, 0.4) is 0 Å². The largest absolute Gasteiger partial charge is 0.256 e. The number of nitrogens with zero attached hydrogens (tertiary/aromatic N) is 5. The van der Waals surface area contributed by atoms with Crippen LogP contribution in [0.4, 0.5) is 0 Å². The van der Waals surface area contributed by atoms with Crippen molar-refractivity contribution in [1.29, 1.82) is 0 Å². The minimum Gasteiger partial charge on any atom is -0.203 e. The molecule has 2 heterocycles. The number of halogens is 2. The molecule has 0 aliphatic carbocycles. The summed E-state index contributed by atoms with van der Waals surface area (Å²) in [5.41, 5.74) is 2.97. The minimum atomic E-state index is 0.0557. The molecule has 7 heteroatoms. The number of aromatic nitrogens is 5. The molecule has 0 fully saturated rings. The van der Waals surface area contributed by atoms with Gasteiger partial charge in [0.25, 0.3) is 5.95 Å². The fraction of sp³-hybridized carbons (Fsp3) is 0.333. The Morgan fingerprint density at radius 1 is 0.938 bits per heavy atom. The summed E-state index contributed by atoms with van der Waals surface area (Å²) in [5, 5.41) is 4.42. The van der Waals surface area contributed by atoms with Crippen LogP contribution in [-0.2, 0) is 0 Å². The maximum Gasteiger partial charge on any atom is 0.256 e. The van der Waals surface area contributed by atoms with Gasteiger partial charge in [-0.25, -0.2) is 4.68 Å². The van der Waals surface area contributed by atoms with Gasteiger partial charge in [0.15, 0.2) is 0 Å². The van der Waals surface area contributed by atoms with E-state index < -0.39 is 0 Å². The lowest BCUT2D eigenvalue weighted by atomic mass is 10.2. The van der Waals surface area contributed by atoms with E-state index in [9.17, 15) is 0 Å². The van der Waals surface area contributed by atoms with Crippen molar-refractivity contribution < 1.29 is 0 Å². The zero-order chi connectivity index (χ0) is 11.9. The van der Waals surface area contributed by atoms with Crippen LogP contribution in [0.25, 0.3) is 5.95 Å². The van der Waals surface area contributed by atoms with Crippen LogP contribution in [0, 0.1) is 20.8 Å². The maximum atomic E-state index is 5.71. The zero-order valence-electron chi connectivity index (χ0n) is 8.99. The van der Waals surface area contributed by atoms with Gasteiger partial charge in [-0.05, 0) is 49.5 Å². The average molecular weight is 258 g/mol. The molecular weight excluding hydrogens is 249 g/mol. The van der Waals surface area contributed by atoms with Crippen LogP contribution in [-0.4, -0.2) is 24.7 Å². The summed E-state index contributed by atoms with van der Waals surface area (Å²) >= 11 is 11.4. The van der Waals surface area contributed by atoms with Gasteiger partial charge in [0.2, 0.25) is 10.6 Å². The summed E-state index contributed by atoms with van der Waals surface area (Å²) in [6.07, 6.45) is 0. The number of hydrogen-bond acceptors (Lipinski definition) is 4. The molecule has 0 aromatic carbocycles. The second-order valence-electron chi connectivity index (χ2n) is 3.38. The van der Waals surface area contributed by atoms with Crippen molar-refractivity contribution in [2.24, 2.45) is 0 Å². The third-order valence-corrected chi connectivity index (χ3v) is 2.75. The Kier molecular flexibility index (Phi) is 2.82. The Labute approximate surface area is 102 Å². The Balaban J connectivity index is 2.62. The van der Waals surface area contributed by atoms with Crippen LogP contribution in [0.1, 0.15) is 17.0 Å². The first-order valence-electron chi connectivity index (χ1n) is 4.59. The molecule has 2 aromatic heterocycles. The highest BCUT2D eigenvalue weighted by molar-refractivity contribution is 6.31. The van der Waals surface area contributed by atoms with E-state index in [1.807, 2.05) is 20.8 Å². The Morgan fingerprint density at radius 3 is 1.94 bits per heavy atom.